The molecule has 18 heavy (non-hydrogen) atoms. The standard InChI is InChI=1S/C14H19FN2O/c15-12-7-3-6-11(13(12)16)14(18)17-9-8-10-4-1-2-5-10/h3,6-7,10H,1-2,4-5,8-9,16H2,(H,17,18). The predicted octanol–water partition coefficient (Wildman–Crippen LogP) is 2.72. The Morgan fingerprint density at radius 3 is 2.83 bits per heavy atom. The molecule has 1 aliphatic carbocycles. The largest absolute Gasteiger partial charge is 0.396 e. The highest BCUT2D eigenvalue weighted by Gasteiger charge is 2.16. The first-order valence-electron chi connectivity index (χ1n) is 6.50. The first-order chi connectivity index (χ1) is 8.68. The summed E-state index contributed by atoms with van der Waals surface area (Å²) in [6, 6.07) is 4.30. The molecule has 1 aliphatic rings. The molecular weight excluding hydrogens is 231 g/mol. The van der Waals surface area contributed by atoms with Crippen LogP contribution in [-0.4, -0.2) is 12.5 Å². The lowest BCUT2D eigenvalue weighted by Crippen LogP contribution is -2.26. The van der Waals surface area contributed by atoms with Crippen molar-refractivity contribution in [2.45, 2.75) is 32.1 Å². The van der Waals surface area contributed by atoms with Crippen molar-refractivity contribution >= 4 is 11.6 Å². The summed E-state index contributed by atoms with van der Waals surface area (Å²) in [6.45, 7) is 0.638. The lowest BCUT2D eigenvalue weighted by atomic mass is 10.0. The van der Waals surface area contributed by atoms with Gasteiger partial charge in [0.25, 0.3) is 5.91 Å². The number of benzene rings is 1. The van der Waals surface area contributed by atoms with Gasteiger partial charge in [-0.25, -0.2) is 4.39 Å². The Hall–Kier alpha value is -1.58. The topological polar surface area (TPSA) is 55.1 Å². The van der Waals surface area contributed by atoms with Gasteiger partial charge < -0.3 is 11.1 Å². The second kappa shape index (κ2) is 5.85. The highest BCUT2D eigenvalue weighted by Crippen LogP contribution is 2.27. The molecule has 1 fully saturated rings. The highest BCUT2D eigenvalue weighted by atomic mass is 19.1. The molecule has 0 saturated heterocycles. The maximum Gasteiger partial charge on any atom is 0.253 e. The van der Waals surface area contributed by atoms with Gasteiger partial charge in [-0.1, -0.05) is 31.7 Å². The lowest BCUT2D eigenvalue weighted by Gasteiger charge is -2.11. The molecule has 4 heteroatoms. The minimum atomic E-state index is -0.543. The van der Waals surface area contributed by atoms with Crippen molar-refractivity contribution in [2.75, 3.05) is 12.3 Å². The van der Waals surface area contributed by atoms with E-state index in [-0.39, 0.29) is 17.2 Å². The molecule has 1 saturated carbocycles. The molecule has 1 aromatic rings. The minimum Gasteiger partial charge on any atom is -0.396 e. The molecule has 0 bridgehead atoms. The lowest BCUT2D eigenvalue weighted by molar-refractivity contribution is 0.0952. The molecule has 0 spiro atoms. The van der Waals surface area contributed by atoms with Crippen LogP contribution in [0.2, 0.25) is 0 Å². The van der Waals surface area contributed by atoms with Crippen molar-refractivity contribution in [3.05, 3.63) is 29.6 Å². The molecule has 0 atom stereocenters. The van der Waals surface area contributed by atoms with E-state index in [1.807, 2.05) is 0 Å². The zero-order valence-electron chi connectivity index (χ0n) is 10.4. The molecule has 0 radical (unpaired) electrons. The number of carbonyl (C=O) groups excluding carboxylic acids is 1. The second-order valence-electron chi connectivity index (χ2n) is 4.90. The maximum atomic E-state index is 13.2. The Labute approximate surface area is 107 Å². The van der Waals surface area contributed by atoms with E-state index in [0.717, 1.165) is 12.3 Å². The molecule has 0 aliphatic heterocycles. The van der Waals surface area contributed by atoms with E-state index >= 15 is 0 Å². The van der Waals surface area contributed by atoms with Gasteiger partial charge in [-0.2, -0.15) is 0 Å². The van der Waals surface area contributed by atoms with E-state index in [0.29, 0.717) is 6.54 Å². The SMILES string of the molecule is Nc1c(F)cccc1C(=O)NCCC1CCCC1. The summed E-state index contributed by atoms with van der Waals surface area (Å²) in [5.74, 6) is -0.0985. The smallest absolute Gasteiger partial charge is 0.253 e. The van der Waals surface area contributed by atoms with Crippen molar-refractivity contribution in [3.63, 3.8) is 0 Å². The molecule has 1 amide bonds. The van der Waals surface area contributed by atoms with Crippen LogP contribution in [0, 0.1) is 11.7 Å². The third kappa shape index (κ3) is 3.00. The van der Waals surface area contributed by atoms with Gasteiger partial charge in [0.2, 0.25) is 0 Å². The third-order valence-corrected chi connectivity index (χ3v) is 3.61. The summed E-state index contributed by atoms with van der Waals surface area (Å²) in [4.78, 5) is 11.8. The summed E-state index contributed by atoms with van der Waals surface area (Å²) in [7, 11) is 0. The van der Waals surface area contributed by atoms with E-state index in [1.54, 1.807) is 6.07 Å². The van der Waals surface area contributed by atoms with E-state index in [1.165, 1.54) is 37.8 Å². The van der Waals surface area contributed by atoms with Crippen molar-refractivity contribution in [1.29, 1.82) is 0 Å². The van der Waals surface area contributed by atoms with Crippen LogP contribution in [-0.2, 0) is 0 Å². The van der Waals surface area contributed by atoms with Crippen LogP contribution in [0.25, 0.3) is 0 Å². The van der Waals surface area contributed by atoms with Crippen LogP contribution >= 0.6 is 0 Å². The normalized spacial score (nSPS) is 15.8. The molecule has 3 N–H and O–H groups in total. The predicted molar refractivity (Wildman–Crippen MR) is 69.7 cm³/mol. The first-order valence-corrected chi connectivity index (χ1v) is 6.50. The van der Waals surface area contributed by atoms with Gasteiger partial charge in [-0.3, -0.25) is 4.79 Å². The highest BCUT2D eigenvalue weighted by molar-refractivity contribution is 5.99. The number of carbonyl (C=O) groups is 1. The number of nitrogens with two attached hydrogens (primary N) is 1. The van der Waals surface area contributed by atoms with Gasteiger partial charge >= 0.3 is 0 Å². The van der Waals surface area contributed by atoms with Crippen LogP contribution in [0.15, 0.2) is 18.2 Å². The maximum absolute atomic E-state index is 13.2. The summed E-state index contributed by atoms with van der Waals surface area (Å²) in [5, 5.41) is 2.81. The number of anilines is 1. The number of rotatable bonds is 4. The number of hydrogen-bond donors (Lipinski definition) is 2. The zero-order chi connectivity index (χ0) is 13.0. The Morgan fingerprint density at radius 2 is 2.11 bits per heavy atom. The molecule has 98 valence electrons. The van der Waals surface area contributed by atoms with Gasteiger partial charge in [0.05, 0.1) is 11.3 Å². The van der Waals surface area contributed by atoms with Crippen LogP contribution in [0.1, 0.15) is 42.5 Å². The fraction of sp³-hybridized carbons (Fsp3) is 0.500. The molecule has 2 rings (SSSR count). The van der Waals surface area contributed by atoms with Crippen LogP contribution < -0.4 is 11.1 Å². The van der Waals surface area contributed by atoms with Crippen molar-refractivity contribution < 1.29 is 9.18 Å². The summed E-state index contributed by atoms with van der Waals surface area (Å²) >= 11 is 0. The van der Waals surface area contributed by atoms with E-state index in [4.69, 9.17) is 5.73 Å². The van der Waals surface area contributed by atoms with Gasteiger partial charge in [0.1, 0.15) is 5.82 Å². The van der Waals surface area contributed by atoms with E-state index in [9.17, 15) is 9.18 Å². The van der Waals surface area contributed by atoms with Crippen molar-refractivity contribution in [1.82, 2.24) is 5.32 Å². The van der Waals surface area contributed by atoms with Gasteiger partial charge in [-0.15, -0.1) is 0 Å². The Balaban J connectivity index is 1.85. The fourth-order valence-electron chi connectivity index (χ4n) is 2.52. The van der Waals surface area contributed by atoms with E-state index < -0.39 is 5.82 Å². The number of halogens is 1. The number of nitrogen functional groups attached to an aromatic ring is 1. The summed E-state index contributed by atoms with van der Waals surface area (Å²) < 4.78 is 13.2. The third-order valence-electron chi connectivity index (χ3n) is 3.61. The van der Waals surface area contributed by atoms with Crippen LogP contribution in [0.3, 0.4) is 0 Å². The second-order valence-corrected chi connectivity index (χ2v) is 4.90. The summed E-state index contributed by atoms with van der Waals surface area (Å²) in [5.41, 5.74) is 5.69. The minimum absolute atomic E-state index is 0.0733. The Bertz CT molecular complexity index is 428. The average Bonchev–Trinajstić information content (AvgIpc) is 2.85. The molecular formula is C14H19FN2O. The number of para-hydroxylation sites is 1. The van der Waals surface area contributed by atoms with Crippen molar-refractivity contribution in [3.8, 4) is 0 Å². The van der Waals surface area contributed by atoms with E-state index in [2.05, 4.69) is 5.32 Å². The molecule has 3 nitrogen and oxygen atoms in total. The summed E-state index contributed by atoms with van der Waals surface area (Å²) in [6.07, 6.45) is 6.13. The van der Waals surface area contributed by atoms with Crippen LogP contribution in [0.4, 0.5) is 10.1 Å². The van der Waals surface area contributed by atoms with Crippen LogP contribution in [0.5, 0.6) is 0 Å². The number of nitrogens with one attached hydrogen (secondary N) is 1. The quantitative estimate of drug-likeness (QED) is 0.807. The fourth-order valence-corrected chi connectivity index (χ4v) is 2.52. The Kier molecular flexibility index (Phi) is 4.18. The average molecular weight is 250 g/mol. The monoisotopic (exact) mass is 250 g/mol. The number of amides is 1. The Morgan fingerprint density at radius 1 is 1.39 bits per heavy atom. The zero-order valence-corrected chi connectivity index (χ0v) is 10.4. The molecule has 0 aromatic heterocycles. The molecule has 1 aromatic carbocycles. The molecule has 0 unspecified atom stereocenters. The van der Waals surface area contributed by atoms with Gasteiger partial charge in [-0.05, 0) is 24.5 Å². The molecule has 0 heterocycles. The van der Waals surface area contributed by atoms with Crippen molar-refractivity contribution in [2.24, 2.45) is 5.92 Å². The van der Waals surface area contributed by atoms with Gasteiger partial charge in [0, 0.05) is 6.54 Å². The number of hydrogen-bond acceptors (Lipinski definition) is 2. The van der Waals surface area contributed by atoms with Gasteiger partial charge in [0.15, 0.2) is 0 Å². The first kappa shape index (κ1) is 12.9.